The number of rotatable bonds is 8. The highest BCUT2D eigenvalue weighted by Crippen LogP contribution is 2.20. The number of carbonyl (C=O) groups excluding carboxylic acids is 1. The third-order valence-corrected chi connectivity index (χ3v) is 5.73. The Balaban J connectivity index is 1.45. The molecule has 1 N–H and O–H groups in total. The van der Waals surface area contributed by atoms with E-state index in [0.717, 1.165) is 45.7 Å². The van der Waals surface area contributed by atoms with Crippen molar-refractivity contribution in [1.82, 2.24) is 15.1 Å². The van der Waals surface area contributed by atoms with Crippen molar-refractivity contribution in [1.29, 1.82) is 0 Å². The molecule has 0 fully saturated rings. The maximum Gasteiger partial charge on any atom is 0.286 e. The number of hydrogen-bond donors (Lipinski definition) is 1. The molecule has 0 bridgehead atoms. The van der Waals surface area contributed by atoms with Crippen molar-refractivity contribution in [3.05, 3.63) is 68.8 Å². The summed E-state index contributed by atoms with van der Waals surface area (Å²) in [4.78, 5) is 12.3. The molecule has 0 aliphatic carbocycles. The molecule has 6 nitrogen and oxygen atoms in total. The van der Waals surface area contributed by atoms with Gasteiger partial charge in [-0.2, -0.15) is 5.10 Å². The topological polar surface area (TPSA) is 69.3 Å². The second-order valence-electron chi connectivity index (χ2n) is 7.20. The lowest BCUT2D eigenvalue weighted by atomic mass is 10.1. The molecule has 0 aliphatic rings. The van der Waals surface area contributed by atoms with Gasteiger partial charge in [0, 0.05) is 18.8 Å². The smallest absolute Gasteiger partial charge is 0.286 e. The Bertz CT molecular complexity index is 987. The largest absolute Gasteiger partial charge is 0.486 e. The summed E-state index contributed by atoms with van der Waals surface area (Å²) in [5.41, 5.74) is 4.35. The van der Waals surface area contributed by atoms with Crippen molar-refractivity contribution < 1.29 is 13.9 Å². The van der Waals surface area contributed by atoms with Crippen LogP contribution in [0.4, 0.5) is 0 Å². The maximum atomic E-state index is 12.3. The van der Waals surface area contributed by atoms with Gasteiger partial charge >= 0.3 is 0 Å². The second-order valence-corrected chi connectivity index (χ2v) is 7.99. The highest BCUT2D eigenvalue weighted by atomic mass is 79.9. The van der Waals surface area contributed by atoms with Gasteiger partial charge in [-0.05, 0) is 85.4 Å². The highest BCUT2D eigenvalue weighted by molar-refractivity contribution is 9.10. The Morgan fingerprint density at radius 2 is 1.90 bits per heavy atom. The number of furan rings is 1. The van der Waals surface area contributed by atoms with Crippen molar-refractivity contribution in [3.8, 4) is 5.75 Å². The molecule has 1 amide bonds. The molecular formula is C22H26BrN3O3. The minimum Gasteiger partial charge on any atom is -0.486 e. The van der Waals surface area contributed by atoms with Crippen LogP contribution in [-0.4, -0.2) is 22.2 Å². The minimum atomic E-state index is -0.225. The fourth-order valence-electron chi connectivity index (χ4n) is 3.16. The number of carbonyl (C=O) groups is 1. The highest BCUT2D eigenvalue weighted by Gasteiger charge is 2.12. The first-order valence-electron chi connectivity index (χ1n) is 9.61. The number of amides is 1. The van der Waals surface area contributed by atoms with Crippen LogP contribution >= 0.6 is 15.9 Å². The van der Waals surface area contributed by atoms with E-state index in [1.807, 2.05) is 44.5 Å². The molecule has 29 heavy (non-hydrogen) atoms. The second kappa shape index (κ2) is 9.31. The summed E-state index contributed by atoms with van der Waals surface area (Å²) in [5, 5.41) is 7.35. The Morgan fingerprint density at radius 3 is 2.55 bits per heavy atom. The van der Waals surface area contributed by atoms with Crippen LogP contribution in [0.1, 0.15) is 45.3 Å². The summed E-state index contributed by atoms with van der Waals surface area (Å²) in [6.07, 6.45) is 0.781. The van der Waals surface area contributed by atoms with Gasteiger partial charge in [-0.15, -0.1) is 0 Å². The van der Waals surface area contributed by atoms with Gasteiger partial charge < -0.3 is 14.5 Å². The quantitative estimate of drug-likeness (QED) is 0.487. The van der Waals surface area contributed by atoms with Crippen LogP contribution in [0.15, 0.2) is 39.2 Å². The van der Waals surface area contributed by atoms with Gasteiger partial charge in [-0.25, -0.2) is 0 Å². The summed E-state index contributed by atoms with van der Waals surface area (Å²) in [5.74, 6) is 1.47. The van der Waals surface area contributed by atoms with Crippen molar-refractivity contribution in [3.63, 3.8) is 0 Å². The average molecular weight is 460 g/mol. The number of aromatic nitrogens is 2. The number of aryl methyl sites for hydroxylation is 4. The van der Waals surface area contributed by atoms with Crippen LogP contribution in [0.2, 0.25) is 0 Å². The molecule has 0 unspecified atom stereocenters. The Morgan fingerprint density at radius 1 is 1.17 bits per heavy atom. The fourth-order valence-corrected chi connectivity index (χ4v) is 3.44. The minimum absolute atomic E-state index is 0.225. The van der Waals surface area contributed by atoms with E-state index in [0.29, 0.717) is 12.3 Å². The maximum absolute atomic E-state index is 12.3. The van der Waals surface area contributed by atoms with Gasteiger partial charge in [0.1, 0.15) is 18.1 Å². The lowest BCUT2D eigenvalue weighted by molar-refractivity contribution is 0.0921. The third kappa shape index (κ3) is 5.50. The van der Waals surface area contributed by atoms with E-state index in [9.17, 15) is 4.79 Å². The predicted molar refractivity (Wildman–Crippen MR) is 115 cm³/mol. The average Bonchev–Trinajstić information content (AvgIpc) is 3.24. The summed E-state index contributed by atoms with van der Waals surface area (Å²) < 4.78 is 14.4. The standard InChI is InChI=1S/C22H26BrN3O3/c1-14-10-15(2)12-19(11-14)28-13-18-6-7-20(29-18)22(27)24-8-5-9-26-17(4)21(23)16(3)25-26/h6-7,10-12H,5,8-9,13H2,1-4H3,(H,24,27). The van der Waals surface area contributed by atoms with Gasteiger partial charge in [0.25, 0.3) is 5.91 Å². The van der Waals surface area contributed by atoms with E-state index >= 15 is 0 Å². The lowest BCUT2D eigenvalue weighted by Crippen LogP contribution is -2.25. The first-order chi connectivity index (χ1) is 13.8. The third-order valence-electron chi connectivity index (χ3n) is 4.59. The SMILES string of the molecule is Cc1cc(C)cc(OCc2ccc(C(=O)NCCCn3nc(C)c(Br)c3C)o2)c1. The molecule has 0 spiro atoms. The molecule has 2 heterocycles. The monoisotopic (exact) mass is 459 g/mol. The molecule has 3 rings (SSSR count). The van der Waals surface area contributed by atoms with Crippen molar-refractivity contribution in [2.24, 2.45) is 0 Å². The molecule has 2 aromatic heterocycles. The van der Waals surface area contributed by atoms with Crippen LogP contribution in [-0.2, 0) is 13.2 Å². The number of benzene rings is 1. The lowest BCUT2D eigenvalue weighted by Gasteiger charge is -2.07. The number of hydrogen-bond acceptors (Lipinski definition) is 4. The van der Waals surface area contributed by atoms with E-state index in [2.05, 4.69) is 32.4 Å². The molecule has 0 aliphatic heterocycles. The van der Waals surface area contributed by atoms with E-state index < -0.39 is 0 Å². The Labute approximate surface area is 179 Å². The fraction of sp³-hybridized carbons (Fsp3) is 0.364. The number of halogens is 1. The zero-order chi connectivity index (χ0) is 21.0. The Kier molecular flexibility index (Phi) is 6.79. The first-order valence-corrected chi connectivity index (χ1v) is 10.4. The predicted octanol–water partition coefficient (Wildman–Crippen LogP) is 4.87. The normalized spacial score (nSPS) is 10.9. The van der Waals surface area contributed by atoms with Crippen LogP contribution in [0.25, 0.3) is 0 Å². The number of ether oxygens (including phenoxy) is 1. The summed E-state index contributed by atoms with van der Waals surface area (Å²) in [7, 11) is 0. The van der Waals surface area contributed by atoms with Gasteiger partial charge in [0.05, 0.1) is 10.2 Å². The van der Waals surface area contributed by atoms with Crippen molar-refractivity contribution in [2.45, 2.75) is 47.3 Å². The van der Waals surface area contributed by atoms with Crippen LogP contribution in [0.5, 0.6) is 5.75 Å². The molecule has 154 valence electrons. The van der Waals surface area contributed by atoms with E-state index in [1.165, 1.54) is 0 Å². The van der Waals surface area contributed by atoms with Crippen LogP contribution in [0.3, 0.4) is 0 Å². The van der Waals surface area contributed by atoms with E-state index in [1.54, 1.807) is 12.1 Å². The van der Waals surface area contributed by atoms with E-state index in [-0.39, 0.29) is 18.3 Å². The zero-order valence-electron chi connectivity index (χ0n) is 17.2. The first kappa shape index (κ1) is 21.2. The summed E-state index contributed by atoms with van der Waals surface area (Å²) >= 11 is 3.52. The van der Waals surface area contributed by atoms with Gasteiger partial charge in [0.2, 0.25) is 0 Å². The zero-order valence-corrected chi connectivity index (χ0v) is 18.8. The molecule has 0 atom stereocenters. The molecule has 0 radical (unpaired) electrons. The van der Waals surface area contributed by atoms with Gasteiger partial charge in [-0.1, -0.05) is 6.07 Å². The Hall–Kier alpha value is -2.54. The summed E-state index contributed by atoms with van der Waals surface area (Å²) in [6, 6.07) is 9.49. The number of nitrogens with zero attached hydrogens (tertiary/aromatic N) is 2. The van der Waals surface area contributed by atoms with Crippen molar-refractivity contribution >= 4 is 21.8 Å². The van der Waals surface area contributed by atoms with Crippen molar-refractivity contribution in [2.75, 3.05) is 6.54 Å². The van der Waals surface area contributed by atoms with E-state index in [4.69, 9.17) is 9.15 Å². The van der Waals surface area contributed by atoms with Gasteiger partial charge in [-0.3, -0.25) is 9.48 Å². The molecular weight excluding hydrogens is 434 g/mol. The van der Waals surface area contributed by atoms with Crippen LogP contribution in [0, 0.1) is 27.7 Å². The molecule has 1 aromatic carbocycles. The van der Waals surface area contributed by atoms with Crippen LogP contribution < -0.4 is 10.1 Å². The molecule has 0 saturated heterocycles. The van der Waals surface area contributed by atoms with Gasteiger partial charge in [0.15, 0.2) is 5.76 Å². The molecule has 0 saturated carbocycles. The molecule has 7 heteroatoms. The molecule has 3 aromatic rings. The number of nitrogens with one attached hydrogen (secondary N) is 1. The summed E-state index contributed by atoms with van der Waals surface area (Å²) in [6.45, 7) is 9.62.